The number of benzene rings is 1. The van der Waals surface area contributed by atoms with Gasteiger partial charge in [-0.15, -0.1) is 11.3 Å². The Kier molecular flexibility index (Phi) is 1.91. The summed E-state index contributed by atoms with van der Waals surface area (Å²) >= 11 is 11.0. The maximum atomic E-state index is 5.98. The molecule has 0 unspecified atom stereocenters. The highest BCUT2D eigenvalue weighted by molar-refractivity contribution is 9.10. The van der Waals surface area contributed by atoms with Crippen LogP contribution in [0.15, 0.2) is 28.1 Å². The monoisotopic (exact) mass is 246 g/mol. The Morgan fingerprint density at radius 2 is 2.18 bits per heavy atom. The van der Waals surface area contributed by atoms with Gasteiger partial charge in [-0.3, -0.25) is 0 Å². The molecule has 0 aliphatic rings. The Morgan fingerprint density at radius 1 is 1.36 bits per heavy atom. The molecule has 0 fully saturated rings. The summed E-state index contributed by atoms with van der Waals surface area (Å²) in [4.78, 5) is 0. The first-order valence-corrected chi connectivity index (χ1v) is 5.15. The maximum Gasteiger partial charge on any atom is 0.0595 e. The van der Waals surface area contributed by atoms with Crippen molar-refractivity contribution >= 4 is 49.0 Å². The van der Waals surface area contributed by atoms with Crippen LogP contribution in [0.3, 0.4) is 0 Å². The van der Waals surface area contributed by atoms with Crippen molar-refractivity contribution < 1.29 is 0 Å². The standard InChI is InChI=1S/C8H4BrClS/c9-6-3-5-1-2-11-8(5)7(10)4-6/h1-4H. The third-order valence-corrected chi connectivity index (χ3v) is 3.30. The molecule has 0 aliphatic carbocycles. The van der Waals surface area contributed by atoms with E-state index in [0.29, 0.717) is 0 Å². The van der Waals surface area contributed by atoms with Crippen molar-refractivity contribution in [2.75, 3.05) is 0 Å². The molecule has 0 aliphatic heterocycles. The summed E-state index contributed by atoms with van der Waals surface area (Å²) in [5.74, 6) is 0. The maximum absolute atomic E-state index is 5.98. The molecule has 0 amide bonds. The molecule has 0 saturated carbocycles. The van der Waals surface area contributed by atoms with Gasteiger partial charge in [0.15, 0.2) is 0 Å². The molecule has 0 spiro atoms. The zero-order chi connectivity index (χ0) is 7.84. The molecule has 0 N–H and O–H groups in total. The number of hydrogen-bond donors (Lipinski definition) is 0. The lowest BCUT2D eigenvalue weighted by molar-refractivity contribution is 1.76. The number of rotatable bonds is 0. The quantitative estimate of drug-likeness (QED) is 0.650. The zero-order valence-electron chi connectivity index (χ0n) is 5.47. The molecule has 0 radical (unpaired) electrons. The van der Waals surface area contributed by atoms with Gasteiger partial charge in [0.2, 0.25) is 0 Å². The first-order valence-electron chi connectivity index (χ1n) is 3.09. The van der Waals surface area contributed by atoms with Crippen molar-refractivity contribution in [3.8, 4) is 0 Å². The summed E-state index contributed by atoms with van der Waals surface area (Å²) in [7, 11) is 0. The van der Waals surface area contributed by atoms with Crippen molar-refractivity contribution in [3.05, 3.63) is 33.1 Å². The second-order valence-electron chi connectivity index (χ2n) is 2.23. The fraction of sp³-hybridized carbons (Fsp3) is 0. The second-order valence-corrected chi connectivity index (χ2v) is 4.47. The minimum atomic E-state index is 0.823. The SMILES string of the molecule is Clc1cc(Br)cc2ccsc12. The molecule has 1 heterocycles. The number of thiophene rings is 1. The summed E-state index contributed by atoms with van der Waals surface area (Å²) in [5.41, 5.74) is 0. The van der Waals surface area contributed by atoms with Gasteiger partial charge in [-0.05, 0) is 29.0 Å². The van der Waals surface area contributed by atoms with Gasteiger partial charge < -0.3 is 0 Å². The lowest BCUT2D eigenvalue weighted by Gasteiger charge is -1.93. The molecule has 1 aromatic heterocycles. The Hall–Kier alpha value is -0.0500. The molecule has 2 rings (SSSR count). The molecule has 11 heavy (non-hydrogen) atoms. The van der Waals surface area contributed by atoms with Crippen molar-refractivity contribution in [3.63, 3.8) is 0 Å². The van der Waals surface area contributed by atoms with E-state index in [1.807, 2.05) is 11.4 Å². The molecule has 2 aromatic rings. The highest BCUT2D eigenvalue weighted by atomic mass is 79.9. The summed E-state index contributed by atoms with van der Waals surface area (Å²) < 4.78 is 2.20. The van der Waals surface area contributed by atoms with Crippen molar-refractivity contribution in [1.29, 1.82) is 0 Å². The second kappa shape index (κ2) is 2.77. The van der Waals surface area contributed by atoms with E-state index in [9.17, 15) is 0 Å². The van der Waals surface area contributed by atoms with Crippen LogP contribution in [0.1, 0.15) is 0 Å². The van der Waals surface area contributed by atoms with Crippen LogP contribution < -0.4 is 0 Å². The number of hydrogen-bond acceptors (Lipinski definition) is 1. The first-order chi connectivity index (χ1) is 5.27. The highest BCUT2D eigenvalue weighted by Gasteiger charge is 2.00. The summed E-state index contributed by atoms with van der Waals surface area (Å²) in [6, 6.07) is 6.05. The molecule has 0 bridgehead atoms. The fourth-order valence-electron chi connectivity index (χ4n) is 1.00. The molecule has 3 heteroatoms. The lowest BCUT2D eigenvalue weighted by Crippen LogP contribution is -1.66. The van der Waals surface area contributed by atoms with Gasteiger partial charge in [0.05, 0.1) is 9.72 Å². The fourth-order valence-corrected chi connectivity index (χ4v) is 2.76. The molecule has 0 nitrogen and oxygen atoms in total. The van der Waals surface area contributed by atoms with Crippen LogP contribution in [0.5, 0.6) is 0 Å². The molecular weight excluding hydrogens is 244 g/mol. The minimum Gasteiger partial charge on any atom is -0.142 e. The Balaban J connectivity index is 2.91. The van der Waals surface area contributed by atoms with Crippen LogP contribution >= 0.6 is 38.9 Å². The molecule has 0 saturated heterocycles. The average molecular weight is 248 g/mol. The normalized spacial score (nSPS) is 10.7. The van der Waals surface area contributed by atoms with Crippen molar-refractivity contribution in [2.45, 2.75) is 0 Å². The highest BCUT2D eigenvalue weighted by Crippen LogP contribution is 2.31. The molecule has 56 valence electrons. The summed E-state index contributed by atoms with van der Waals surface area (Å²) in [5, 5.41) is 4.07. The van der Waals surface area contributed by atoms with Crippen LogP contribution in [0.25, 0.3) is 10.1 Å². The summed E-state index contributed by atoms with van der Waals surface area (Å²) in [6.07, 6.45) is 0. The van der Waals surface area contributed by atoms with Crippen LogP contribution in [0.4, 0.5) is 0 Å². The van der Waals surface area contributed by atoms with Gasteiger partial charge in [0.25, 0.3) is 0 Å². The molecule has 0 atom stereocenters. The van der Waals surface area contributed by atoms with E-state index in [-0.39, 0.29) is 0 Å². The van der Waals surface area contributed by atoms with Gasteiger partial charge in [-0.1, -0.05) is 27.5 Å². The van der Waals surface area contributed by atoms with E-state index < -0.39 is 0 Å². The van der Waals surface area contributed by atoms with E-state index >= 15 is 0 Å². The zero-order valence-corrected chi connectivity index (χ0v) is 8.63. The third kappa shape index (κ3) is 1.31. The van der Waals surface area contributed by atoms with Gasteiger partial charge in [-0.25, -0.2) is 0 Å². The predicted molar refractivity (Wildman–Crippen MR) is 54.5 cm³/mol. The topological polar surface area (TPSA) is 0 Å². The lowest BCUT2D eigenvalue weighted by atomic mass is 10.3. The van der Waals surface area contributed by atoms with Gasteiger partial charge in [-0.2, -0.15) is 0 Å². The molecule has 1 aromatic carbocycles. The van der Waals surface area contributed by atoms with Gasteiger partial charge >= 0.3 is 0 Å². The van der Waals surface area contributed by atoms with E-state index in [0.717, 1.165) is 14.2 Å². The van der Waals surface area contributed by atoms with Crippen molar-refractivity contribution in [1.82, 2.24) is 0 Å². The van der Waals surface area contributed by atoms with Crippen LogP contribution in [-0.4, -0.2) is 0 Å². The molecular formula is C8H4BrClS. The Bertz CT molecular complexity index is 394. The van der Waals surface area contributed by atoms with Gasteiger partial charge in [0, 0.05) is 4.47 Å². The van der Waals surface area contributed by atoms with Crippen LogP contribution in [-0.2, 0) is 0 Å². The first kappa shape index (κ1) is 7.59. The Morgan fingerprint density at radius 3 is 3.00 bits per heavy atom. The van der Waals surface area contributed by atoms with Crippen LogP contribution in [0.2, 0.25) is 5.02 Å². The van der Waals surface area contributed by atoms with E-state index in [1.165, 1.54) is 5.39 Å². The summed E-state index contributed by atoms with van der Waals surface area (Å²) in [6.45, 7) is 0. The van der Waals surface area contributed by atoms with E-state index in [4.69, 9.17) is 11.6 Å². The predicted octanol–water partition coefficient (Wildman–Crippen LogP) is 4.32. The Labute approximate surface area is 81.9 Å². The third-order valence-electron chi connectivity index (χ3n) is 1.47. The number of fused-ring (bicyclic) bond motifs is 1. The minimum absolute atomic E-state index is 0.823. The largest absolute Gasteiger partial charge is 0.142 e. The average Bonchev–Trinajstić information content (AvgIpc) is 2.34. The van der Waals surface area contributed by atoms with E-state index in [2.05, 4.69) is 28.1 Å². The van der Waals surface area contributed by atoms with Gasteiger partial charge in [0.1, 0.15) is 0 Å². The smallest absolute Gasteiger partial charge is 0.0595 e. The number of halogens is 2. The van der Waals surface area contributed by atoms with Crippen LogP contribution in [0, 0.1) is 0 Å². The van der Waals surface area contributed by atoms with Crippen molar-refractivity contribution in [2.24, 2.45) is 0 Å². The van der Waals surface area contributed by atoms with E-state index in [1.54, 1.807) is 11.3 Å².